The van der Waals surface area contributed by atoms with Crippen LogP contribution in [0.2, 0.25) is 0 Å². The maximum Gasteiger partial charge on any atom is 0.375 e. The van der Waals surface area contributed by atoms with Crippen LogP contribution in [0, 0.1) is 10.8 Å². The zero-order valence-electron chi connectivity index (χ0n) is 14.3. The monoisotopic (exact) mass is 338 g/mol. The van der Waals surface area contributed by atoms with Crippen molar-refractivity contribution in [1.29, 1.82) is 0 Å². The molecule has 0 aromatic carbocycles. The van der Waals surface area contributed by atoms with Crippen LogP contribution in [-0.2, 0) is 28.6 Å². The van der Waals surface area contributed by atoms with Gasteiger partial charge in [0, 0.05) is 12.0 Å². The Balaban J connectivity index is 1.47. The number of hydrogen-bond acceptors (Lipinski definition) is 6. The van der Waals surface area contributed by atoms with Gasteiger partial charge >= 0.3 is 5.97 Å². The third-order valence-corrected chi connectivity index (χ3v) is 5.69. The van der Waals surface area contributed by atoms with Crippen LogP contribution in [0.15, 0.2) is 0 Å². The highest BCUT2D eigenvalue weighted by atomic mass is 16.7. The second-order valence-corrected chi connectivity index (χ2v) is 7.48. The summed E-state index contributed by atoms with van der Waals surface area (Å²) in [6.45, 7) is 3.17. The van der Waals surface area contributed by atoms with Crippen LogP contribution in [0.5, 0.6) is 0 Å². The molecule has 4 aliphatic rings. The fraction of sp³-hybridized carbons (Fsp3) is 0.833. The van der Waals surface area contributed by atoms with Crippen molar-refractivity contribution in [1.82, 2.24) is 0 Å². The zero-order chi connectivity index (χ0) is 17.2. The maximum absolute atomic E-state index is 12.5. The van der Waals surface area contributed by atoms with Crippen molar-refractivity contribution >= 4 is 17.5 Å². The van der Waals surface area contributed by atoms with Crippen molar-refractivity contribution in [2.24, 2.45) is 10.8 Å². The van der Waals surface area contributed by atoms with Gasteiger partial charge in [-0.1, -0.05) is 0 Å². The van der Waals surface area contributed by atoms with Crippen LogP contribution in [0.1, 0.15) is 58.3 Å². The molecule has 1 aliphatic heterocycles. The summed E-state index contributed by atoms with van der Waals surface area (Å²) in [7, 11) is 0. The molecule has 4 fully saturated rings. The van der Waals surface area contributed by atoms with Gasteiger partial charge in [-0.25, -0.2) is 4.79 Å². The number of rotatable bonds is 8. The molecule has 3 saturated carbocycles. The highest BCUT2D eigenvalue weighted by Gasteiger charge is 2.64. The van der Waals surface area contributed by atoms with Gasteiger partial charge in [0.05, 0.1) is 19.6 Å². The van der Waals surface area contributed by atoms with Crippen molar-refractivity contribution in [2.75, 3.05) is 19.8 Å². The van der Waals surface area contributed by atoms with Gasteiger partial charge in [-0.15, -0.1) is 0 Å². The Hall–Kier alpha value is -1.27. The zero-order valence-corrected chi connectivity index (χ0v) is 14.3. The van der Waals surface area contributed by atoms with Crippen molar-refractivity contribution in [3.63, 3.8) is 0 Å². The molecule has 1 saturated heterocycles. The average molecular weight is 338 g/mol. The number of carbonyl (C=O) groups excluding carboxylic acids is 3. The molecule has 134 valence electrons. The van der Waals surface area contributed by atoms with Crippen LogP contribution >= 0.6 is 0 Å². The number of hydrogen-bond donors (Lipinski definition) is 0. The summed E-state index contributed by atoms with van der Waals surface area (Å²) in [5, 5.41) is 0. The summed E-state index contributed by atoms with van der Waals surface area (Å²) in [4.78, 5) is 35.6. The second-order valence-electron chi connectivity index (χ2n) is 7.48. The molecule has 6 nitrogen and oxygen atoms in total. The van der Waals surface area contributed by atoms with Gasteiger partial charge in [0.1, 0.15) is 5.78 Å². The molecule has 0 radical (unpaired) electrons. The minimum absolute atomic E-state index is 0.0590. The van der Waals surface area contributed by atoms with Gasteiger partial charge in [-0.3, -0.25) is 9.59 Å². The van der Waals surface area contributed by atoms with Crippen molar-refractivity contribution in [3.8, 4) is 0 Å². The fourth-order valence-electron chi connectivity index (χ4n) is 4.48. The molecular formula is C18H26O6. The predicted molar refractivity (Wildman–Crippen MR) is 84.1 cm³/mol. The molecule has 4 rings (SSSR count). The van der Waals surface area contributed by atoms with Gasteiger partial charge in [0.15, 0.2) is 6.29 Å². The van der Waals surface area contributed by atoms with E-state index in [4.69, 9.17) is 9.47 Å². The largest absolute Gasteiger partial charge is 0.460 e. The Bertz CT molecular complexity index is 514. The number of esters is 1. The molecule has 1 unspecified atom stereocenters. The summed E-state index contributed by atoms with van der Waals surface area (Å²) >= 11 is 0. The Kier molecular flexibility index (Phi) is 5.06. The van der Waals surface area contributed by atoms with E-state index >= 15 is 0 Å². The lowest BCUT2D eigenvalue weighted by molar-refractivity contribution is -0.190. The summed E-state index contributed by atoms with van der Waals surface area (Å²) < 4.78 is 16.2. The van der Waals surface area contributed by atoms with Gasteiger partial charge in [-0.2, -0.15) is 0 Å². The third kappa shape index (κ3) is 3.40. The topological polar surface area (TPSA) is 78.9 Å². The molecule has 2 bridgehead atoms. The van der Waals surface area contributed by atoms with Crippen LogP contribution < -0.4 is 0 Å². The van der Waals surface area contributed by atoms with Crippen LogP contribution in [-0.4, -0.2) is 43.6 Å². The molecule has 0 aromatic heterocycles. The van der Waals surface area contributed by atoms with Gasteiger partial charge in [0.25, 0.3) is 0 Å². The molecule has 6 heteroatoms. The number of fused-ring (bicyclic) bond motifs is 1. The Morgan fingerprint density at radius 1 is 1.17 bits per heavy atom. The summed E-state index contributed by atoms with van der Waals surface area (Å²) in [5.74, 6) is -1.74. The molecule has 1 heterocycles. The van der Waals surface area contributed by atoms with E-state index in [0.29, 0.717) is 6.61 Å². The average Bonchev–Trinajstić information content (AvgIpc) is 3.11. The second kappa shape index (κ2) is 6.92. The van der Waals surface area contributed by atoms with Crippen molar-refractivity contribution in [2.45, 2.75) is 64.6 Å². The highest BCUT2D eigenvalue weighted by Crippen LogP contribution is 2.67. The minimum Gasteiger partial charge on any atom is -0.460 e. The van der Waals surface area contributed by atoms with Crippen molar-refractivity contribution < 1.29 is 28.6 Å². The van der Waals surface area contributed by atoms with E-state index in [1.165, 1.54) is 0 Å². The molecule has 24 heavy (non-hydrogen) atoms. The molecule has 0 spiro atoms. The van der Waals surface area contributed by atoms with E-state index in [-0.39, 0.29) is 30.5 Å². The first kappa shape index (κ1) is 17.5. The Labute approximate surface area is 142 Å². The molecular weight excluding hydrogens is 312 g/mol. The lowest BCUT2D eigenvalue weighted by Crippen LogP contribution is -2.47. The minimum atomic E-state index is -0.899. The van der Waals surface area contributed by atoms with Crippen LogP contribution in [0.25, 0.3) is 0 Å². The van der Waals surface area contributed by atoms with Crippen LogP contribution in [0.3, 0.4) is 0 Å². The standard InChI is InChI=1S/C18H26O6/c1-2-22-16(21)13(19)9-14(20)18-7-6-17(10-18,11-18)12-24-15-5-3-4-8-23-15/h15H,2-12H2,1H3. The van der Waals surface area contributed by atoms with E-state index in [2.05, 4.69) is 4.74 Å². The first-order valence-electron chi connectivity index (χ1n) is 8.95. The first-order valence-corrected chi connectivity index (χ1v) is 8.95. The maximum atomic E-state index is 12.5. The summed E-state index contributed by atoms with van der Waals surface area (Å²) in [6.07, 6.45) is 5.99. The molecule has 1 atom stereocenters. The predicted octanol–water partition coefficient (Wildman–Crippen LogP) is 2.18. The SMILES string of the molecule is CCOC(=O)C(=O)CC(=O)C12CCC(COC3CCCCO3)(C1)C2. The quantitative estimate of drug-likeness (QED) is 0.383. The van der Waals surface area contributed by atoms with E-state index in [9.17, 15) is 14.4 Å². The fourth-order valence-corrected chi connectivity index (χ4v) is 4.48. The number of ether oxygens (including phenoxy) is 3. The molecule has 3 aliphatic carbocycles. The van der Waals surface area contributed by atoms with Crippen LogP contribution in [0.4, 0.5) is 0 Å². The lowest BCUT2D eigenvalue weighted by Gasteiger charge is -2.46. The first-order chi connectivity index (χ1) is 11.5. The van der Waals surface area contributed by atoms with Gasteiger partial charge in [-0.05, 0) is 57.3 Å². The highest BCUT2D eigenvalue weighted by molar-refractivity contribution is 6.37. The van der Waals surface area contributed by atoms with Crippen molar-refractivity contribution in [3.05, 3.63) is 0 Å². The normalized spacial score (nSPS) is 34.5. The van der Waals surface area contributed by atoms with E-state index in [0.717, 1.165) is 51.6 Å². The van der Waals surface area contributed by atoms with Gasteiger partial charge < -0.3 is 14.2 Å². The molecule has 0 aromatic rings. The lowest BCUT2D eigenvalue weighted by atomic mass is 9.58. The Morgan fingerprint density at radius 2 is 1.96 bits per heavy atom. The summed E-state index contributed by atoms with van der Waals surface area (Å²) in [6, 6.07) is 0. The molecule has 0 amide bonds. The van der Waals surface area contributed by atoms with E-state index < -0.39 is 17.2 Å². The van der Waals surface area contributed by atoms with Gasteiger partial charge in [0.2, 0.25) is 5.78 Å². The van der Waals surface area contributed by atoms with E-state index in [1.807, 2.05) is 0 Å². The number of carbonyl (C=O) groups is 3. The van der Waals surface area contributed by atoms with E-state index in [1.54, 1.807) is 6.92 Å². The molecule has 0 N–H and O–H groups in total. The number of ketones is 2. The third-order valence-electron chi connectivity index (χ3n) is 5.69. The smallest absolute Gasteiger partial charge is 0.375 e. The Morgan fingerprint density at radius 3 is 2.62 bits per heavy atom. The number of Topliss-reactive ketones (excluding diaryl/α,β-unsaturated/α-hetero) is 2. The summed E-state index contributed by atoms with van der Waals surface area (Å²) in [5.41, 5.74) is -0.359.